The predicted octanol–water partition coefficient (Wildman–Crippen LogP) is -1.08. The minimum Gasteiger partial charge on any atom is -0.463 e. The van der Waals surface area contributed by atoms with Gasteiger partial charge in [0.05, 0.1) is 11.5 Å². The van der Waals surface area contributed by atoms with Crippen LogP contribution in [0.3, 0.4) is 0 Å². The average molecular weight is 342 g/mol. The van der Waals surface area contributed by atoms with Crippen LogP contribution >= 0.6 is 0 Å². The van der Waals surface area contributed by atoms with Crippen molar-refractivity contribution in [2.24, 2.45) is 0 Å². The molecule has 1 aliphatic heterocycles. The number of hydrogen-bond donors (Lipinski definition) is 4. The third-order valence-electron chi connectivity index (χ3n) is 3.55. The zero-order chi connectivity index (χ0) is 17.9. The molecule has 10 nitrogen and oxygen atoms in total. The van der Waals surface area contributed by atoms with Crippen LogP contribution in [-0.4, -0.2) is 63.4 Å². The van der Waals surface area contributed by atoms with Crippen molar-refractivity contribution in [2.75, 3.05) is 6.61 Å². The van der Waals surface area contributed by atoms with Gasteiger partial charge < -0.3 is 30.1 Å². The van der Waals surface area contributed by atoms with Crippen molar-refractivity contribution < 1.29 is 34.5 Å². The number of rotatable bonds is 5. The van der Waals surface area contributed by atoms with Crippen molar-refractivity contribution in [3.63, 3.8) is 0 Å². The molecule has 1 amide bonds. The number of nitrogens with zero attached hydrogens (tertiary/aromatic N) is 1. The third kappa shape index (κ3) is 3.97. The van der Waals surface area contributed by atoms with E-state index in [4.69, 9.17) is 9.47 Å². The van der Waals surface area contributed by atoms with E-state index in [9.17, 15) is 30.2 Å². The standard InChI is InChI=1S/C14H18N2O8/c1-7(18)15-11-13(20)12(19)10(6-17)24-14(11)23-9-4-2-8(3-5-9)16(21)22/h2-5,10-14,17,19-20H,6H2,1H3,(H,15,18)/t10-,11-,12+,13-,14+/m0/s1. The number of carbonyl (C=O) groups is 1. The molecule has 1 saturated heterocycles. The number of benzene rings is 1. The van der Waals surface area contributed by atoms with Gasteiger partial charge >= 0.3 is 0 Å². The van der Waals surface area contributed by atoms with E-state index in [1.54, 1.807) is 0 Å². The van der Waals surface area contributed by atoms with Crippen molar-refractivity contribution in [1.82, 2.24) is 5.32 Å². The van der Waals surface area contributed by atoms with Crippen molar-refractivity contribution >= 4 is 11.6 Å². The lowest BCUT2D eigenvalue weighted by Gasteiger charge is -2.42. The van der Waals surface area contributed by atoms with E-state index in [0.29, 0.717) is 0 Å². The van der Waals surface area contributed by atoms with Gasteiger partial charge in [0, 0.05) is 19.1 Å². The first kappa shape index (κ1) is 18.1. The Kier molecular flexibility index (Phi) is 5.67. The molecule has 132 valence electrons. The summed E-state index contributed by atoms with van der Waals surface area (Å²) in [5.41, 5.74) is -0.131. The molecule has 2 rings (SSSR count). The molecule has 0 bridgehead atoms. The SMILES string of the molecule is CC(=O)N[C@@H]1[C@H](Oc2ccc([N+](=O)[O-])cc2)O[C@@H](CO)[C@@H](O)[C@H]1O. The van der Waals surface area contributed by atoms with E-state index < -0.39 is 48.1 Å². The van der Waals surface area contributed by atoms with E-state index >= 15 is 0 Å². The number of non-ortho nitro benzene ring substituents is 1. The molecule has 0 aromatic heterocycles. The van der Waals surface area contributed by atoms with Crippen LogP contribution in [0.4, 0.5) is 5.69 Å². The molecule has 1 aromatic carbocycles. The normalized spacial score (nSPS) is 29.8. The molecule has 0 unspecified atom stereocenters. The summed E-state index contributed by atoms with van der Waals surface area (Å²) < 4.78 is 10.9. The van der Waals surface area contributed by atoms with Gasteiger partial charge in [0.1, 0.15) is 30.1 Å². The Balaban J connectivity index is 2.19. The second-order valence-corrected chi connectivity index (χ2v) is 5.30. The topological polar surface area (TPSA) is 151 Å². The number of aliphatic hydroxyl groups excluding tert-OH is 3. The first-order chi connectivity index (χ1) is 11.3. The van der Waals surface area contributed by atoms with Gasteiger partial charge in [-0.3, -0.25) is 14.9 Å². The van der Waals surface area contributed by atoms with Gasteiger partial charge in [0.25, 0.3) is 5.69 Å². The second kappa shape index (κ2) is 7.53. The van der Waals surface area contributed by atoms with Gasteiger partial charge in [-0.25, -0.2) is 0 Å². The van der Waals surface area contributed by atoms with Crippen LogP contribution in [0.15, 0.2) is 24.3 Å². The molecule has 1 aromatic rings. The van der Waals surface area contributed by atoms with Gasteiger partial charge in [0.15, 0.2) is 0 Å². The Morgan fingerprint density at radius 1 is 1.33 bits per heavy atom. The van der Waals surface area contributed by atoms with Crippen LogP contribution < -0.4 is 10.1 Å². The van der Waals surface area contributed by atoms with E-state index in [2.05, 4.69) is 5.32 Å². The van der Waals surface area contributed by atoms with Crippen LogP contribution in [-0.2, 0) is 9.53 Å². The van der Waals surface area contributed by atoms with Gasteiger partial charge in [-0.1, -0.05) is 0 Å². The Labute approximate surface area is 136 Å². The summed E-state index contributed by atoms with van der Waals surface area (Å²) >= 11 is 0. The maximum Gasteiger partial charge on any atom is 0.269 e. The van der Waals surface area contributed by atoms with Crippen molar-refractivity contribution in [3.8, 4) is 5.75 Å². The van der Waals surface area contributed by atoms with E-state index in [0.717, 1.165) is 0 Å². The lowest BCUT2D eigenvalue weighted by atomic mass is 9.97. The Hall–Kier alpha value is -2.27. The fourth-order valence-electron chi connectivity index (χ4n) is 2.35. The number of aliphatic hydroxyl groups is 3. The van der Waals surface area contributed by atoms with Crippen LogP contribution in [0.5, 0.6) is 5.75 Å². The van der Waals surface area contributed by atoms with Crippen LogP contribution in [0, 0.1) is 10.1 Å². The zero-order valence-corrected chi connectivity index (χ0v) is 12.7. The molecular weight excluding hydrogens is 324 g/mol. The molecule has 1 heterocycles. The zero-order valence-electron chi connectivity index (χ0n) is 12.7. The first-order valence-electron chi connectivity index (χ1n) is 7.14. The lowest BCUT2D eigenvalue weighted by molar-refractivity contribution is -0.384. The minimum atomic E-state index is -1.43. The van der Waals surface area contributed by atoms with Crippen LogP contribution in [0.25, 0.3) is 0 Å². The molecule has 0 saturated carbocycles. The Morgan fingerprint density at radius 3 is 2.46 bits per heavy atom. The number of nitrogens with one attached hydrogen (secondary N) is 1. The van der Waals surface area contributed by atoms with Gasteiger partial charge in [0.2, 0.25) is 12.2 Å². The van der Waals surface area contributed by atoms with Crippen molar-refractivity contribution in [2.45, 2.75) is 37.6 Å². The maximum atomic E-state index is 11.3. The maximum absolute atomic E-state index is 11.3. The monoisotopic (exact) mass is 342 g/mol. The molecule has 1 aliphatic rings. The summed E-state index contributed by atoms with van der Waals surface area (Å²) in [7, 11) is 0. The lowest BCUT2D eigenvalue weighted by Crippen LogP contribution is -2.65. The van der Waals surface area contributed by atoms with Crippen molar-refractivity contribution in [3.05, 3.63) is 34.4 Å². The highest BCUT2D eigenvalue weighted by Gasteiger charge is 2.46. The predicted molar refractivity (Wildman–Crippen MR) is 79.1 cm³/mol. The third-order valence-corrected chi connectivity index (χ3v) is 3.55. The number of hydrogen-bond acceptors (Lipinski definition) is 8. The molecule has 1 fully saturated rings. The number of nitro benzene ring substituents is 1. The molecule has 0 spiro atoms. The Bertz CT molecular complexity index is 593. The van der Waals surface area contributed by atoms with Crippen LogP contribution in [0.1, 0.15) is 6.92 Å². The molecule has 0 radical (unpaired) electrons. The van der Waals surface area contributed by atoms with Gasteiger partial charge in [-0.15, -0.1) is 0 Å². The highest BCUT2D eigenvalue weighted by molar-refractivity contribution is 5.73. The quantitative estimate of drug-likeness (QED) is 0.389. The van der Waals surface area contributed by atoms with E-state index in [1.165, 1.54) is 31.2 Å². The number of carbonyl (C=O) groups excluding carboxylic acids is 1. The summed E-state index contributed by atoms with van der Waals surface area (Å²) in [6.45, 7) is 0.658. The number of ether oxygens (including phenoxy) is 2. The fourth-order valence-corrected chi connectivity index (χ4v) is 2.35. The smallest absolute Gasteiger partial charge is 0.269 e. The van der Waals surface area contributed by atoms with E-state index in [1.807, 2.05) is 0 Å². The number of nitro groups is 1. The molecular formula is C14H18N2O8. The summed E-state index contributed by atoms with van der Waals surface area (Å²) in [5, 5.41) is 42.3. The minimum absolute atomic E-state index is 0.131. The molecule has 5 atom stereocenters. The fraction of sp³-hybridized carbons (Fsp3) is 0.500. The van der Waals surface area contributed by atoms with Crippen molar-refractivity contribution in [1.29, 1.82) is 0 Å². The molecule has 4 N–H and O–H groups in total. The van der Waals surface area contributed by atoms with Crippen LogP contribution in [0.2, 0.25) is 0 Å². The largest absolute Gasteiger partial charge is 0.463 e. The van der Waals surface area contributed by atoms with Gasteiger partial charge in [-0.2, -0.15) is 0 Å². The summed E-state index contributed by atoms with van der Waals surface area (Å²) in [6.07, 6.45) is -5.15. The Morgan fingerprint density at radius 2 is 1.96 bits per heavy atom. The van der Waals surface area contributed by atoms with E-state index in [-0.39, 0.29) is 11.4 Å². The molecule has 10 heteroatoms. The first-order valence-corrected chi connectivity index (χ1v) is 7.14. The van der Waals surface area contributed by atoms with Gasteiger partial charge in [-0.05, 0) is 12.1 Å². The molecule has 24 heavy (non-hydrogen) atoms. The summed E-state index contributed by atoms with van der Waals surface area (Å²) in [5.74, 6) is -0.282. The average Bonchev–Trinajstić information content (AvgIpc) is 2.54. The number of amides is 1. The molecule has 0 aliphatic carbocycles. The second-order valence-electron chi connectivity index (χ2n) is 5.30. The highest BCUT2D eigenvalue weighted by Crippen LogP contribution is 2.25. The summed E-state index contributed by atoms with van der Waals surface area (Å²) in [6, 6.07) is 4.02. The summed E-state index contributed by atoms with van der Waals surface area (Å²) in [4.78, 5) is 21.4. The highest BCUT2D eigenvalue weighted by atomic mass is 16.7.